The molecule has 1 heterocycles. The number of thiol groups is 1. The summed E-state index contributed by atoms with van der Waals surface area (Å²) in [7, 11) is 0. The van der Waals surface area contributed by atoms with E-state index in [1.54, 1.807) is 0 Å². The molecule has 3 fully saturated rings. The smallest absolute Gasteiger partial charge is 0.0700 e. The molecule has 2 atom stereocenters. The molecule has 0 aromatic rings. The van der Waals surface area contributed by atoms with Gasteiger partial charge in [0, 0.05) is 25.6 Å². The molecule has 1 aliphatic heterocycles. The molecule has 0 bridgehead atoms. The van der Waals surface area contributed by atoms with Crippen LogP contribution in [0.5, 0.6) is 0 Å². The summed E-state index contributed by atoms with van der Waals surface area (Å²) in [6.07, 6.45) is 14.2. The van der Waals surface area contributed by atoms with Gasteiger partial charge in [0.2, 0.25) is 0 Å². The number of hydrogen-bond donors (Lipinski definition) is 2. The zero-order valence-electron chi connectivity index (χ0n) is 13.5. The Hall–Kier alpha value is 0.270. The van der Waals surface area contributed by atoms with Crippen LogP contribution in [0.25, 0.3) is 0 Å². The van der Waals surface area contributed by atoms with Crippen LogP contribution < -0.4 is 0 Å². The van der Waals surface area contributed by atoms with Gasteiger partial charge in [-0.3, -0.25) is 0 Å². The quantitative estimate of drug-likeness (QED) is 0.610. The van der Waals surface area contributed by atoms with E-state index in [0.29, 0.717) is 11.3 Å². The molecule has 2 unspecified atom stereocenters. The molecule has 3 aliphatic rings. The molecule has 2 saturated carbocycles. The van der Waals surface area contributed by atoms with Crippen molar-refractivity contribution in [2.75, 3.05) is 25.4 Å². The molecule has 3 rings (SSSR count). The van der Waals surface area contributed by atoms with Crippen molar-refractivity contribution in [3.63, 3.8) is 0 Å². The highest BCUT2D eigenvalue weighted by Gasteiger charge is 2.44. The zero-order valence-corrected chi connectivity index (χ0v) is 14.4. The second-order valence-electron chi connectivity index (χ2n) is 8.10. The first-order chi connectivity index (χ1) is 10.2. The van der Waals surface area contributed by atoms with Crippen molar-refractivity contribution in [1.29, 1.82) is 0 Å². The van der Waals surface area contributed by atoms with E-state index in [1.807, 2.05) is 0 Å². The van der Waals surface area contributed by atoms with Crippen LogP contribution in [0.15, 0.2) is 0 Å². The second-order valence-corrected chi connectivity index (χ2v) is 8.42. The van der Waals surface area contributed by atoms with Gasteiger partial charge in [-0.15, -0.1) is 0 Å². The summed E-state index contributed by atoms with van der Waals surface area (Å²) < 4.78 is 0. The Morgan fingerprint density at radius 1 is 0.952 bits per heavy atom. The Kier molecular flexibility index (Phi) is 5.23. The molecule has 122 valence electrons. The molecule has 21 heavy (non-hydrogen) atoms. The Morgan fingerprint density at radius 3 is 2.38 bits per heavy atom. The molecular weight excluding hydrogens is 278 g/mol. The summed E-state index contributed by atoms with van der Waals surface area (Å²) in [6, 6.07) is 0. The molecule has 0 aromatic carbocycles. The van der Waals surface area contributed by atoms with E-state index in [4.69, 9.17) is 12.6 Å². The third-order valence-corrected chi connectivity index (χ3v) is 7.24. The summed E-state index contributed by atoms with van der Waals surface area (Å²) in [4.78, 5) is 2.67. The van der Waals surface area contributed by atoms with Crippen molar-refractivity contribution >= 4 is 12.6 Å². The third-order valence-electron chi connectivity index (χ3n) is 6.57. The zero-order chi connectivity index (χ0) is 14.8. The predicted octanol–water partition coefficient (Wildman–Crippen LogP) is 3.88. The number of rotatable bonds is 3. The Balaban J connectivity index is 1.62. The summed E-state index contributed by atoms with van der Waals surface area (Å²) in [5.74, 6) is 1.57. The van der Waals surface area contributed by atoms with Crippen LogP contribution in [0.3, 0.4) is 0 Å². The number of fused-ring (bicyclic) bond motifs is 1. The van der Waals surface area contributed by atoms with Crippen molar-refractivity contribution in [2.24, 2.45) is 11.3 Å². The second kappa shape index (κ2) is 6.80. The lowest BCUT2D eigenvalue weighted by Crippen LogP contribution is -2.55. The molecule has 0 radical (unpaired) electrons. The molecule has 1 saturated heterocycles. The van der Waals surface area contributed by atoms with Gasteiger partial charge in [-0.05, 0) is 43.3 Å². The predicted molar refractivity (Wildman–Crippen MR) is 92.0 cm³/mol. The molecule has 2 nitrogen and oxygen atoms in total. The highest BCUT2D eigenvalue weighted by molar-refractivity contribution is 7.80. The van der Waals surface area contributed by atoms with Gasteiger partial charge >= 0.3 is 0 Å². The van der Waals surface area contributed by atoms with Crippen molar-refractivity contribution in [1.82, 2.24) is 4.90 Å². The highest BCUT2D eigenvalue weighted by atomic mass is 32.1. The minimum absolute atomic E-state index is 0.327. The molecule has 3 heteroatoms. The average molecular weight is 312 g/mol. The lowest BCUT2D eigenvalue weighted by Gasteiger charge is -2.49. The van der Waals surface area contributed by atoms with Gasteiger partial charge in [0.15, 0.2) is 0 Å². The molecule has 0 aromatic heterocycles. The van der Waals surface area contributed by atoms with Gasteiger partial charge in [0.1, 0.15) is 0 Å². The lowest BCUT2D eigenvalue weighted by molar-refractivity contribution is -0.100. The minimum atomic E-state index is -0.327. The van der Waals surface area contributed by atoms with Gasteiger partial charge in [-0.25, -0.2) is 0 Å². The minimum Gasteiger partial charge on any atom is -0.390 e. The summed E-state index contributed by atoms with van der Waals surface area (Å²) in [5, 5.41) is 10.8. The van der Waals surface area contributed by atoms with Gasteiger partial charge in [-0.1, -0.05) is 38.5 Å². The monoisotopic (exact) mass is 311 g/mol. The van der Waals surface area contributed by atoms with Crippen LogP contribution >= 0.6 is 12.6 Å². The Morgan fingerprint density at radius 2 is 1.67 bits per heavy atom. The maximum atomic E-state index is 10.8. The maximum absolute atomic E-state index is 10.8. The van der Waals surface area contributed by atoms with Crippen LogP contribution in [-0.4, -0.2) is 41.0 Å². The van der Waals surface area contributed by atoms with E-state index in [-0.39, 0.29) is 5.60 Å². The molecule has 0 amide bonds. The van der Waals surface area contributed by atoms with Crippen molar-refractivity contribution in [3.8, 4) is 0 Å². The van der Waals surface area contributed by atoms with Crippen molar-refractivity contribution in [3.05, 3.63) is 0 Å². The number of aliphatic hydroxyl groups is 1. The maximum Gasteiger partial charge on any atom is 0.0700 e. The average Bonchev–Trinajstić information content (AvgIpc) is 2.74. The van der Waals surface area contributed by atoms with Crippen LogP contribution in [0.4, 0.5) is 0 Å². The normalized spacial score (nSPS) is 37.7. The van der Waals surface area contributed by atoms with Gasteiger partial charge in [0.05, 0.1) is 5.60 Å². The summed E-state index contributed by atoms with van der Waals surface area (Å²) in [6.45, 7) is 3.46. The Bertz CT molecular complexity index is 340. The summed E-state index contributed by atoms with van der Waals surface area (Å²) in [5.41, 5.74) is 0.121. The largest absolute Gasteiger partial charge is 0.390 e. The topological polar surface area (TPSA) is 23.5 Å². The fourth-order valence-electron chi connectivity index (χ4n) is 5.10. The SMILES string of the molecule is OC12CCCCC1CN(CC1(CS)CCCCCC1)CC2. The summed E-state index contributed by atoms with van der Waals surface area (Å²) >= 11 is 4.73. The van der Waals surface area contributed by atoms with Crippen molar-refractivity contribution in [2.45, 2.75) is 76.2 Å². The molecule has 2 aliphatic carbocycles. The molecule has 0 spiro atoms. The van der Waals surface area contributed by atoms with E-state index < -0.39 is 0 Å². The fraction of sp³-hybridized carbons (Fsp3) is 1.00. The number of piperidine rings is 1. The number of likely N-dealkylation sites (tertiary alicyclic amines) is 1. The van der Waals surface area contributed by atoms with E-state index >= 15 is 0 Å². The van der Waals surface area contributed by atoms with Crippen LogP contribution in [0.1, 0.15) is 70.6 Å². The van der Waals surface area contributed by atoms with E-state index in [1.165, 1.54) is 64.3 Å². The van der Waals surface area contributed by atoms with Crippen LogP contribution in [0, 0.1) is 11.3 Å². The number of nitrogens with zero attached hydrogens (tertiary/aromatic N) is 1. The van der Waals surface area contributed by atoms with Crippen molar-refractivity contribution < 1.29 is 5.11 Å². The van der Waals surface area contributed by atoms with Crippen LogP contribution in [-0.2, 0) is 0 Å². The first kappa shape index (κ1) is 16.1. The van der Waals surface area contributed by atoms with Gasteiger partial charge in [-0.2, -0.15) is 12.6 Å². The number of hydrogen-bond acceptors (Lipinski definition) is 3. The van der Waals surface area contributed by atoms with E-state index in [0.717, 1.165) is 31.7 Å². The highest BCUT2D eigenvalue weighted by Crippen LogP contribution is 2.42. The van der Waals surface area contributed by atoms with E-state index in [2.05, 4.69) is 4.90 Å². The van der Waals surface area contributed by atoms with Crippen LogP contribution in [0.2, 0.25) is 0 Å². The van der Waals surface area contributed by atoms with Gasteiger partial charge < -0.3 is 10.0 Å². The first-order valence-electron chi connectivity index (χ1n) is 9.22. The standard InChI is InChI=1S/C18H33NOS/c20-18-10-6-3-7-16(18)13-19(12-11-18)14-17(15-21)8-4-1-2-5-9-17/h16,20-21H,1-15H2. The first-order valence-corrected chi connectivity index (χ1v) is 9.85. The fourth-order valence-corrected chi connectivity index (χ4v) is 5.52. The van der Waals surface area contributed by atoms with E-state index in [9.17, 15) is 5.11 Å². The van der Waals surface area contributed by atoms with Gasteiger partial charge in [0.25, 0.3) is 0 Å². The molecule has 1 N–H and O–H groups in total. The lowest BCUT2D eigenvalue weighted by atomic mass is 9.70. The Labute approximate surface area is 136 Å². The third kappa shape index (κ3) is 3.61. The molecular formula is C18H33NOS.